The Morgan fingerprint density at radius 2 is 1.87 bits per heavy atom. The van der Waals surface area contributed by atoms with Crippen LogP contribution in [0.4, 0.5) is 5.69 Å². The first kappa shape index (κ1) is 18.8. The van der Waals surface area contributed by atoms with Crippen LogP contribution in [0.15, 0.2) is 52.9 Å². The van der Waals surface area contributed by atoms with Gasteiger partial charge in [0.05, 0.1) is 25.3 Å². The molecule has 154 valence electrons. The lowest BCUT2D eigenvalue weighted by atomic mass is 9.95. The lowest BCUT2D eigenvalue weighted by molar-refractivity contribution is -0.123. The van der Waals surface area contributed by atoms with Gasteiger partial charge in [-0.2, -0.15) is 0 Å². The molecule has 2 amide bonds. The minimum Gasteiger partial charge on any atom is -0.497 e. The summed E-state index contributed by atoms with van der Waals surface area (Å²) in [7, 11) is 1.57. The number of oxazole rings is 1. The zero-order valence-corrected chi connectivity index (χ0v) is 16.8. The van der Waals surface area contributed by atoms with Crippen molar-refractivity contribution in [3.05, 3.63) is 54.4 Å². The van der Waals surface area contributed by atoms with Crippen molar-refractivity contribution < 1.29 is 18.7 Å². The summed E-state index contributed by atoms with van der Waals surface area (Å²) >= 11 is 0. The minimum absolute atomic E-state index is 0.159. The van der Waals surface area contributed by atoms with Crippen molar-refractivity contribution >= 4 is 28.6 Å². The maximum atomic E-state index is 13.1. The monoisotopic (exact) mass is 405 g/mol. The molecule has 0 radical (unpaired) electrons. The van der Waals surface area contributed by atoms with E-state index in [0.29, 0.717) is 11.4 Å². The number of hydrogen-bond donors (Lipinski definition) is 0. The fourth-order valence-electron chi connectivity index (χ4n) is 4.44. The Morgan fingerprint density at radius 1 is 1.07 bits per heavy atom. The minimum atomic E-state index is -0.409. The Hall–Kier alpha value is -3.19. The van der Waals surface area contributed by atoms with Gasteiger partial charge in [-0.25, -0.2) is 9.88 Å². The number of amides is 2. The van der Waals surface area contributed by atoms with Crippen molar-refractivity contribution in [1.29, 1.82) is 0 Å². The van der Waals surface area contributed by atoms with Gasteiger partial charge < -0.3 is 9.15 Å². The highest BCUT2D eigenvalue weighted by Crippen LogP contribution is 2.34. The van der Waals surface area contributed by atoms with Crippen LogP contribution in [0.5, 0.6) is 5.75 Å². The van der Waals surface area contributed by atoms with Gasteiger partial charge in [-0.1, -0.05) is 18.2 Å². The number of imide groups is 1. The summed E-state index contributed by atoms with van der Waals surface area (Å²) in [6, 6.07) is 14.4. The molecule has 2 saturated heterocycles. The molecule has 2 aromatic carbocycles. The molecule has 0 unspecified atom stereocenters. The van der Waals surface area contributed by atoms with Gasteiger partial charge in [0.15, 0.2) is 11.5 Å². The average Bonchev–Trinajstić information content (AvgIpc) is 3.34. The number of para-hydroxylation sites is 2. The Morgan fingerprint density at radius 3 is 2.63 bits per heavy atom. The van der Waals surface area contributed by atoms with Crippen LogP contribution in [0.1, 0.15) is 31.1 Å². The van der Waals surface area contributed by atoms with Crippen LogP contribution in [-0.2, 0) is 9.59 Å². The normalized spacial score (nSPS) is 21.0. The molecule has 7 heteroatoms. The SMILES string of the molecule is COc1cccc(N2C(=O)C[C@@H](N3CCC(c4nc5ccccc5o4)CC3)C2=O)c1. The predicted octanol–water partition coefficient (Wildman–Crippen LogP) is 3.35. The number of benzene rings is 2. The number of rotatable bonds is 4. The third-order valence-corrected chi connectivity index (χ3v) is 6.06. The standard InChI is InChI=1S/C23H23N3O4/c1-29-17-6-4-5-16(13-17)26-21(27)14-19(23(26)28)25-11-9-15(10-12-25)22-24-18-7-2-3-8-20(18)30-22/h2-8,13,15,19H,9-12,14H2,1H3/t19-/m1/s1. The smallest absolute Gasteiger partial charge is 0.251 e. The fourth-order valence-corrected chi connectivity index (χ4v) is 4.44. The van der Waals surface area contributed by atoms with Crippen LogP contribution in [0.25, 0.3) is 11.1 Å². The second kappa shape index (κ2) is 7.57. The van der Waals surface area contributed by atoms with E-state index in [0.717, 1.165) is 42.9 Å². The molecule has 3 aromatic rings. The molecule has 0 bridgehead atoms. The average molecular weight is 405 g/mol. The molecule has 7 nitrogen and oxygen atoms in total. The molecule has 5 rings (SSSR count). The summed E-state index contributed by atoms with van der Waals surface area (Å²) in [6.45, 7) is 1.47. The van der Waals surface area contributed by atoms with Crippen molar-refractivity contribution in [3.8, 4) is 5.75 Å². The summed E-state index contributed by atoms with van der Waals surface area (Å²) < 4.78 is 11.2. The number of carbonyl (C=O) groups is 2. The number of fused-ring (bicyclic) bond motifs is 1. The summed E-state index contributed by atoms with van der Waals surface area (Å²) in [5.41, 5.74) is 2.24. The van der Waals surface area contributed by atoms with Crippen LogP contribution in [0, 0.1) is 0 Å². The number of likely N-dealkylation sites (tertiary alicyclic amines) is 1. The van der Waals surface area contributed by atoms with E-state index in [1.165, 1.54) is 4.90 Å². The van der Waals surface area contributed by atoms with Crippen molar-refractivity contribution in [2.45, 2.75) is 31.2 Å². The summed E-state index contributed by atoms with van der Waals surface area (Å²) in [5, 5.41) is 0. The number of piperidine rings is 1. The third kappa shape index (κ3) is 3.25. The highest BCUT2D eigenvalue weighted by molar-refractivity contribution is 6.22. The molecular weight excluding hydrogens is 382 g/mol. The van der Waals surface area contributed by atoms with Gasteiger partial charge in [0.25, 0.3) is 5.91 Å². The van der Waals surface area contributed by atoms with Crippen LogP contribution >= 0.6 is 0 Å². The van der Waals surface area contributed by atoms with Crippen molar-refractivity contribution in [2.75, 3.05) is 25.1 Å². The van der Waals surface area contributed by atoms with Crippen molar-refractivity contribution in [3.63, 3.8) is 0 Å². The number of methoxy groups -OCH3 is 1. The van der Waals surface area contributed by atoms with Gasteiger partial charge in [0.1, 0.15) is 11.3 Å². The lowest BCUT2D eigenvalue weighted by Gasteiger charge is -2.33. The van der Waals surface area contributed by atoms with Gasteiger partial charge >= 0.3 is 0 Å². The largest absolute Gasteiger partial charge is 0.497 e. The van der Waals surface area contributed by atoms with Gasteiger partial charge in [-0.05, 0) is 50.2 Å². The first-order valence-corrected chi connectivity index (χ1v) is 10.2. The predicted molar refractivity (Wildman–Crippen MR) is 111 cm³/mol. The second-order valence-corrected chi connectivity index (χ2v) is 7.82. The molecule has 3 heterocycles. The number of aromatic nitrogens is 1. The molecule has 0 saturated carbocycles. The Bertz CT molecular complexity index is 1070. The van der Waals surface area contributed by atoms with Crippen LogP contribution in [0.2, 0.25) is 0 Å². The van der Waals surface area contributed by atoms with E-state index in [4.69, 9.17) is 9.15 Å². The maximum Gasteiger partial charge on any atom is 0.251 e. The quantitative estimate of drug-likeness (QED) is 0.620. The first-order chi connectivity index (χ1) is 14.6. The Balaban J connectivity index is 1.28. The highest BCUT2D eigenvalue weighted by Gasteiger charge is 2.43. The van der Waals surface area contributed by atoms with Gasteiger partial charge in [0, 0.05) is 12.0 Å². The molecule has 2 fully saturated rings. The zero-order valence-electron chi connectivity index (χ0n) is 16.8. The topological polar surface area (TPSA) is 75.9 Å². The molecule has 0 aliphatic carbocycles. The lowest BCUT2D eigenvalue weighted by Crippen LogP contribution is -2.45. The first-order valence-electron chi connectivity index (χ1n) is 10.2. The summed E-state index contributed by atoms with van der Waals surface area (Å²) in [5.74, 6) is 1.29. The molecule has 1 aromatic heterocycles. The van der Waals surface area contributed by atoms with Crippen molar-refractivity contribution in [2.24, 2.45) is 0 Å². The Kier molecular flexibility index (Phi) is 4.75. The van der Waals surface area contributed by atoms with E-state index < -0.39 is 6.04 Å². The second-order valence-electron chi connectivity index (χ2n) is 7.82. The van der Waals surface area contributed by atoms with Gasteiger partial charge in [0.2, 0.25) is 5.91 Å². The fraction of sp³-hybridized carbons (Fsp3) is 0.348. The van der Waals surface area contributed by atoms with Crippen LogP contribution < -0.4 is 9.64 Å². The third-order valence-electron chi connectivity index (χ3n) is 6.06. The van der Waals surface area contributed by atoms with E-state index in [-0.39, 0.29) is 24.2 Å². The van der Waals surface area contributed by atoms with E-state index in [1.807, 2.05) is 24.3 Å². The van der Waals surface area contributed by atoms with Crippen LogP contribution in [-0.4, -0.2) is 47.9 Å². The molecule has 1 atom stereocenters. The number of carbonyl (C=O) groups excluding carboxylic acids is 2. The molecule has 0 spiro atoms. The number of nitrogens with zero attached hydrogens (tertiary/aromatic N) is 3. The van der Waals surface area contributed by atoms with Gasteiger partial charge in [-0.3, -0.25) is 14.5 Å². The number of anilines is 1. The summed E-state index contributed by atoms with van der Waals surface area (Å²) in [4.78, 5) is 33.8. The number of hydrogen-bond acceptors (Lipinski definition) is 6. The maximum absolute atomic E-state index is 13.1. The van der Waals surface area contributed by atoms with Crippen LogP contribution in [0.3, 0.4) is 0 Å². The van der Waals surface area contributed by atoms with Crippen molar-refractivity contribution in [1.82, 2.24) is 9.88 Å². The summed E-state index contributed by atoms with van der Waals surface area (Å²) in [6.07, 6.45) is 1.91. The molecule has 30 heavy (non-hydrogen) atoms. The molecule has 2 aliphatic rings. The van der Waals surface area contributed by atoms with E-state index in [9.17, 15) is 9.59 Å². The Labute approximate surface area is 174 Å². The molecule has 2 aliphatic heterocycles. The van der Waals surface area contributed by atoms with Gasteiger partial charge in [-0.15, -0.1) is 0 Å². The van der Waals surface area contributed by atoms with E-state index in [1.54, 1.807) is 31.4 Å². The molecule has 0 N–H and O–H groups in total. The highest BCUT2D eigenvalue weighted by atomic mass is 16.5. The zero-order chi connectivity index (χ0) is 20.7. The molecular formula is C23H23N3O4. The van der Waals surface area contributed by atoms with E-state index in [2.05, 4.69) is 9.88 Å². The number of ether oxygens (including phenoxy) is 1. The van der Waals surface area contributed by atoms with E-state index >= 15 is 0 Å².